The number of carbonyl (C=O) groups excluding carboxylic acids is 1. The van der Waals surface area contributed by atoms with Gasteiger partial charge in [0.15, 0.2) is 0 Å². The molecule has 1 aliphatic rings. The van der Waals surface area contributed by atoms with Crippen LogP contribution >= 0.6 is 27.7 Å². The van der Waals surface area contributed by atoms with Crippen LogP contribution in [0.3, 0.4) is 0 Å². The molecule has 1 fully saturated rings. The van der Waals surface area contributed by atoms with E-state index in [2.05, 4.69) is 26.2 Å². The summed E-state index contributed by atoms with van der Waals surface area (Å²) >= 11 is 5.10. The lowest BCUT2D eigenvalue weighted by Gasteiger charge is -2.26. The topological polar surface area (TPSA) is 68.0 Å². The molecule has 2 unspecified atom stereocenters. The van der Waals surface area contributed by atoms with Crippen LogP contribution in [0.1, 0.15) is 26.2 Å². The Morgan fingerprint density at radius 2 is 2.47 bits per heavy atom. The maximum atomic E-state index is 11.7. The Bertz CT molecular complexity index is 454. The highest BCUT2D eigenvalue weighted by Gasteiger charge is 2.43. The van der Waals surface area contributed by atoms with E-state index in [1.807, 2.05) is 19.1 Å². The molecule has 0 bridgehead atoms. The smallest absolute Gasteiger partial charge is 0.237 e. The summed E-state index contributed by atoms with van der Waals surface area (Å²) < 4.78 is 0.974. The maximum absolute atomic E-state index is 11.7. The summed E-state index contributed by atoms with van der Waals surface area (Å²) in [6, 6.07) is 3.97. The predicted molar refractivity (Wildman–Crippen MR) is 81.0 cm³/mol. The van der Waals surface area contributed by atoms with Gasteiger partial charge in [-0.2, -0.15) is 0 Å². The summed E-state index contributed by atoms with van der Waals surface area (Å²) in [4.78, 5) is 16.0. The molecule has 1 saturated carbocycles. The van der Waals surface area contributed by atoms with Crippen LogP contribution in [0.2, 0.25) is 0 Å². The summed E-state index contributed by atoms with van der Waals surface area (Å²) in [7, 11) is 0. The van der Waals surface area contributed by atoms with Crippen molar-refractivity contribution in [1.82, 2.24) is 10.3 Å². The SMILES string of the molecule is CCNC1(C(N)=O)CCC(Sc2ccc(Br)cn2)C1. The second-order valence-corrected chi connectivity index (χ2v) is 7.01. The van der Waals surface area contributed by atoms with E-state index in [0.717, 1.165) is 35.3 Å². The van der Waals surface area contributed by atoms with E-state index in [1.165, 1.54) is 0 Å². The van der Waals surface area contributed by atoms with Crippen LogP contribution in [0.25, 0.3) is 0 Å². The van der Waals surface area contributed by atoms with E-state index in [1.54, 1.807) is 18.0 Å². The monoisotopic (exact) mass is 343 g/mol. The number of nitrogens with one attached hydrogen (secondary N) is 1. The summed E-state index contributed by atoms with van der Waals surface area (Å²) in [6.07, 6.45) is 4.37. The Morgan fingerprint density at radius 1 is 1.68 bits per heavy atom. The molecule has 0 aliphatic heterocycles. The van der Waals surface area contributed by atoms with E-state index in [4.69, 9.17) is 5.73 Å². The molecule has 2 rings (SSSR count). The fraction of sp³-hybridized carbons (Fsp3) is 0.538. The number of amides is 1. The zero-order valence-corrected chi connectivity index (χ0v) is 13.3. The van der Waals surface area contributed by atoms with Crippen LogP contribution in [-0.4, -0.2) is 28.2 Å². The van der Waals surface area contributed by atoms with Crippen LogP contribution in [0.5, 0.6) is 0 Å². The molecule has 6 heteroatoms. The standard InChI is InChI=1S/C13H18BrN3OS/c1-2-17-13(12(15)18)6-5-10(7-13)19-11-4-3-9(14)8-16-11/h3-4,8,10,17H,2,5-7H2,1H3,(H2,15,18). The molecule has 1 amide bonds. The Hall–Kier alpha value is -0.590. The molecular weight excluding hydrogens is 326 g/mol. The molecule has 3 N–H and O–H groups in total. The number of carbonyl (C=O) groups is 1. The minimum absolute atomic E-state index is 0.235. The van der Waals surface area contributed by atoms with Crippen molar-refractivity contribution in [1.29, 1.82) is 0 Å². The Kier molecular flexibility index (Phi) is 4.86. The van der Waals surface area contributed by atoms with Gasteiger partial charge in [0.2, 0.25) is 5.91 Å². The third-order valence-electron chi connectivity index (χ3n) is 3.44. The van der Waals surface area contributed by atoms with Crippen molar-refractivity contribution < 1.29 is 4.79 Å². The summed E-state index contributed by atoms with van der Waals surface area (Å²) in [5, 5.41) is 4.65. The third-order valence-corrected chi connectivity index (χ3v) is 5.13. The highest BCUT2D eigenvalue weighted by Crippen LogP contribution is 2.39. The van der Waals surface area contributed by atoms with Crippen molar-refractivity contribution in [2.75, 3.05) is 6.54 Å². The molecular formula is C13H18BrN3OS. The molecule has 1 aliphatic carbocycles. The number of primary amides is 1. The van der Waals surface area contributed by atoms with E-state index in [0.29, 0.717) is 5.25 Å². The first kappa shape index (κ1) is 14.8. The summed E-state index contributed by atoms with van der Waals surface area (Å²) in [6.45, 7) is 2.76. The molecule has 1 aromatic rings. The fourth-order valence-electron chi connectivity index (χ4n) is 2.51. The minimum atomic E-state index is -0.526. The average Bonchev–Trinajstić information content (AvgIpc) is 2.77. The van der Waals surface area contributed by atoms with Crippen molar-refractivity contribution in [3.63, 3.8) is 0 Å². The lowest BCUT2D eigenvalue weighted by Crippen LogP contribution is -2.53. The first-order valence-corrected chi connectivity index (χ1v) is 8.06. The molecule has 0 radical (unpaired) electrons. The number of nitrogens with zero attached hydrogens (tertiary/aromatic N) is 1. The lowest BCUT2D eigenvalue weighted by atomic mass is 9.97. The van der Waals surface area contributed by atoms with Crippen molar-refractivity contribution in [2.24, 2.45) is 5.73 Å². The summed E-state index contributed by atoms with van der Waals surface area (Å²) in [5.74, 6) is -0.235. The van der Waals surface area contributed by atoms with E-state index in [-0.39, 0.29) is 5.91 Å². The molecule has 0 spiro atoms. The molecule has 19 heavy (non-hydrogen) atoms. The van der Waals surface area contributed by atoms with Crippen LogP contribution in [-0.2, 0) is 4.79 Å². The largest absolute Gasteiger partial charge is 0.368 e. The van der Waals surface area contributed by atoms with Gasteiger partial charge in [-0.3, -0.25) is 4.79 Å². The fourth-order valence-corrected chi connectivity index (χ4v) is 3.95. The van der Waals surface area contributed by atoms with Gasteiger partial charge < -0.3 is 11.1 Å². The van der Waals surface area contributed by atoms with Gasteiger partial charge in [-0.1, -0.05) is 6.92 Å². The predicted octanol–water partition coefficient (Wildman–Crippen LogP) is 2.32. The van der Waals surface area contributed by atoms with Gasteiger partial charge in [-0.15, -0.1) is 11.8 Å². The Balaban J connectivity index is 2.01. The normalized spacial score (nSPS) is 26.5. The molecule has 0 saturated heterocycles. The van der Waals surface area contributed by atoms with Gasteiger partial charge in [-0.05, 0) is 53.9 Å². The molecule has 1 aromatic heterocycles. The van der Waals surface area contributed by atoms with E-state index >= 15 is 0 Å². The quantitative estimate of drug-likeness (QED) is 0.860. The zero-order valence-electron chi connectivity index (χ0n) is 10.9. The number of aromatic nitrogens is 1. The van der Waals surface area contributed by atoms with Crippen molar-refractivity contribution in [3.8, 4) is 0 Å². The van der Waals surface area contributed by atoms with Gasteiger partial charge >= 0.3 is 0 Å². The first-order valence-electron chi connectivity index (χ1n) is 6.39. The Morgan fingerprint density at radius 3 is 3.05 bits per heavy atom. The average molecular weight is 344 g/mol. The lowest BCUT2D eigenvalue weighted by molar-refractivity contribution is -0.124. The van der Waals surface area contributed by atoms with Crippen molar-refractivity contribution in [3.05, 3.63) is 22.8 Å². The van der Waals surface area contributed by atoms with Crippen LogP contribution in [0, 0.1) is 0 Å². The van der Waals surface area contributed by atoms with Crippen LogP contribution in [0.15, 0.2) is 27.8 Å². The number of pyridine rings is 1. The third kappa shape index (κ3) is 3.49. The second kappa shape index (κ2) is 6.24. The Labute approximate surface area is 126 Å². The number of likely N-dealkylation sites (N-methyl/N-ethyl adjacent to an activating group) is 1. The van der Waals surface area contributed by atoms with Crippen LogP contribution < -0.4 is 11.1 Å². The molecule has 2 atom stereocenters. The zero-order chi connectivity index (χ0) is 13.9. The van der Waals surface area contributed by atoms with E-state index in [9.17, 15) is 4.79 Å². The highest BCUT2D eigenvalue weighted by molar-refractivity contribution is 9.10. The number of hydrogen-bond acceptors (Lipinski definition) is 4. The first-order chi connectivity index (χ1) is 9.05. The summed E-state index contributed by atoms with van der Waals surface area (Å²) in [5.41, 5.74) is 5.04. The highest BCUT2D eigenvalue weighted by atomic mass is 79.9. The maximum Gasteiger partial charge on any atom is 0.237 e. The minimum Gasteiger partial charge on any atom is -0.368 e. The van der Waals surface area contributed by atoms with Gasteiger partial charge in [-0.25, -0.2) is 4.98 Å². The molecule has 4 nitrogen and oxygen atoms in total. The van der Waals surface area contributed by atoms with Gasteiger partial charge in [0.05, 0.1) is 10.6 Å². The van der Waals surface area contributed by atoms with Gasteiger partial charge in [0.1, 0.15) is 0 Å². The van der Waals surface area contributed by atoms with Crippen LogP contribution in [0.4, 0.5) is 0 Å². The number of halogens is 1. The number of nitrogens with two attached hydrogens (primary N) is 1. The molecule has 104 valence electrons. The molecule has 1 heterocycles. The second-order valence-electron chi connectivity index (χ2n) is 4.77. The van der Waals surface area contributed by atoms with Crippen molar-refractivity contribution in [2.45, 2.75) is 42.0 Å². The number of thioether (sulfide) groups is 1. The molecule has 0 aromatic carbocycles. The number of rotatable bonds is 5. The van der Waals surface area contributed by atoms with Gasteiger partial charge in [0, 0.05) is 15.9 Å². The van der Waals surface area contributed by atoms with Gasteiger partial charge in [0.25, 0.3) is 0 Å². The number of hydrogen-bond donors (Lipinski definition) is 2. The van der Waals surface area contributed by atoms with Crippen molar-refractivity contribution >= 4 is 33.6 Å². The van der Waals surface area contributed by atoms with E-state index < -0.39 is 5.54 Å².